The first-order chi connectivity index (χ1) is 6.25. The molecule has 0 fully saturated rings. The number of Topliss-reactive ketones (excluding diaryl/α,β-unsaturated/α-hetero) is 1. The Morgan fingerprint density at radius 2 is 1.92 bits per heavy atom. The molecule has 1 aromatic carbocycles. The Balaban J connectivity index is 3.03. The molecule has 0 aromatic heterocycles. The van der Waals surface area contributed by atoms with Crippen molar-refractivity contribution in [2.75, 3.05) is 7.11 Å². The van der Waals surface area contributed by atoms with Crippen molar-refractivity contribution in [2.24, 2.45) is 5.16 Å². The van der Waals surface area contributed by atoms with Gasteiger partial charge in [-0.25, -0.2) is 0 Å². The van der Waals surface area contributed by atoms with Crippen LogP contribution in [0.25, 0.3) is 0 Å². The number of benzene rings is 1. The minimum atomic E-state index is -0.104. The van der Waals surface area contributed by atoms with Gasteiger partial charge in [-0.15, -0.1) is 0 Å². The SMILES string of the molecule is CON=C(C(C)=O)c1ccccc1. The van der Waals surface area contributed by atoms with Gasteiger partial charge in [0.15, 0.2) is 11.5 Å². The second kappa shape index (κ2) is 4.40. The van der Waals surface area contributed by atoms with Crippen molar-refractivity contribution in [3.63, 3.8) is 0 Å². The maximum Gasteiger partial charge on any atom is 0.182 e. The van der Waals surface area contributed by atoms with Crippen molar-refractivity contribution in [2.45, 2.75) is 6.92 Å². The van der Waals surface area contributed by atoms with E-state index in [0.29, 0.717) is 5.71 Å². The van der Waals surface area contributed by atoms with Crippen molar-refractivity contribution in [1.82, 2.24) is 0 Å². The van der Waals surface area contributed by atoms with Crippen LogP contribution in [0.15, 0.2) is 35.5 Å². The first kappa shape index (κ1) is 9.45. The molecule has 0 bridgehead atoms. The second-order valence-corrected chi connectivity index (χ2v) is 2.54. The lowest BCUT2D eigenvalue weighted by atomic mass is 10.1. The molecule has 0 unspecified atom stereocenters. The average Bonchev–Trinajstić information content (AvgIpc) is 2.15. The molecule has 0 amide bonds. The van der Waals surface area contributed by atoms with Crippen molar-refractivity contribution in [3.8, 4) is 0 Å². The van der Waals surface area contributed by atoms with Crippen LogP contribution in [0.5, 0.6) is 0 Å². The average molecular weight is 177 g/mol. The highest BCUT2D eigenvalue weighted by molar-refractivity contribution is 6.45. The van der Waals surface area contributed by atoms with Crippen molar-refractivity contribution < 1.29 is 9.63 Å². The van der Waals surface area contributed by atoms with Gasteiger partial charge in [0.25, 0.3) is 0 Å². The number of carbonyl (C=O) groups is 1. The largest absolute Gasteiger partial charge is 0.399 e. The fourth-order valence-corrected chi connectivity index (χ4v) is 1.01. The lowest BCUT2D eigenvalue weighted by molar-refractivity contribution is -0.111. The van der Waals surface area contributed by atoms with E-state index in [0.717, 1.165) is 5.56 Å². The molecule has 68 valence electrons. The van der Waals surface area contributed by atoms with E-state index in [4.69, 9.17) is 0 Å². The summed E-state index contributed by atoms with van der Waals surface area (Å²) in [5, 5.41) is 3.66. The van der Waals surface area contributed by atoms with Gasteiger partial charge in [0, 0.05) is 12.5 Å². The summed E-state index contributed by atoms with van der Waals surface area (Å²) in [4.78, 5) is 15.7. The molecule has 0 N–H and O–H groups in total. The number of carbonyl (C=O) groups excluding carboxylic acids is 1. The Kier molecular flexibility index (Phi) is 3.20. The number of oxime groups is 1. The van der Waals surface area contributed by atoms with Gasteiger partial charge in [-0.1, -0.05) is 35.5 Å². The van der Waals surface area contributed by atoms with E-state index in [1.807, 2.05) is 30.3 Å². The smallest absolute Gasteiger partial charge is 0.182 e. The molecule has 0 saturated heterocycles. The third kappa shape index (κ3) is 2.40. The monoisotopic (exact) mass is 177 g/mol. The van der Waals surface area contributed by atoms with Crippen LogP contribution < -0.4 is 0 Å². The Labute approximate surface area is 77.0 Å². The summed E-state index contributed by atoms with van der Waals surface area (Å²) in [6.45, 7) is 1.46. The Hall–Kier alpha value is -1.64. The van der Waals surface area contributed by atoms with E-state index in [-0.39, 0.29) is 5.78 Å². The lowest BCUT2D eigenvalue weighted by Gasteiger charge is -2.00. The molecule has 13 heavy (non-hydrogen) atoms. The third-order valence-electron chi connectivity index (χ3n) is 1.56. The van der Waals surface area contributed by atoms with Crippen molar-refractivity contribution in [1.29, 1.82) is 0 Å². The predicted molar refractivity (Wildman–Crippen MR) is 50.7 cm³/mol. The molecule has 1 aromatic rings. The second-order valence-electron chi connectivity index (χ2n) is 2.54. The van der Waals surface area contributed by atoms with Crippen LogP contribution >= 0.6 is 0 Å². The third-order valence-corrected chi connectivity index (χ3v) is 1.56. The highest BCUT2D eigenvalue weighted by Crippen LogP contribution is 2.02. The normalized spacial score (nSPS) is 11.1. The van der Waals surface area contributed by atoms with E-state index < -0.39 is 0 Å². The number of nitrogens with zero attached hydrogens (tertiary/aromatic N) is 1. The zero-order valence-electron chi connectivity index (χ0n) is 7.65. The summed E-state index contributed by atoms with van der Waals surface area (Å²) in [6, 6.07) is 9.22. The van der Waals surface area contributed by atoms with Crippen LogP contribution in [0.1, 0.15) is 12.5 Å². The highest BCUT2D eigenvalue weighted by Gasteiger charge is 2.08. The molecule has 0 radical (unpaired) electrons. The standard InChI is InChI=1S/C10H11NO2/c1-8(12)10(11-13-2)9-6-4-3-5-7-9/h3-7H,1-2H3. The summed E-state index contributed by atoms with van der Waals surface area (Å²) >= 11 is 0. The lowest BCUT2D eigenvalue weighted by Crippen LogP contribution is -2.11. The summed E-state index contributed by atoms with van der Waals surface area (Å²) in [5.74, 6) is -0.104. The molecule has 0 aliphatic heterocycles. The number of rotatable bonds is 3. The van der Waals surface area contributed by atoms with Crippen LogP contribution in [0, 0.1) is 0 Å². The van der Waals surface area contributed by atoms with Gasteiger partial charge < -0.3 is 4.84 Å². The maximum atomic E-state index is 11.1. The molecule has 0 spiro atoms. The van der Waals surface area contributed by atoms with E-state index >= 15 is 0 Å². The molecular formula is C10H11NO2. The van der Waals surface area contributed by atoms with E-state index in [1.54, 1.807) is 0 Å². The van der Waals surface area contributed by atoms with Gasteiger partial charge in [0.2, 0.25) is 0 Å². The van der Waals surface area contributed by atoms with Crippen LogP contribution in [0.3, 0.4) is 0 Å². The molecule has 1 rings (SSSR count). The van der Waals surface area contributed by atoms with E-state index in [2.05, 4.69) is 9.99 Å². The minimum Gasteiger partial charge on any atom is -0.399 e. The van der Waals surface area contributed by atoms with Crippen LogP contribution in [-0.4, -0.2) is 18.6 Å². The highest BCUT2D eigenvalue weighted by atomic mass is 16.6. The van der Waals surface area contributed by atoms with E-state index in [1.165, 1.54) is 14.0 Å². The maximum absolute atomic E-state index is 11.1. The first-order valence-electron chi connectivity index (χ1n) is 3.93. The molecule has 3 nitrogen and oxygen atoms in total. The van der Waals surface area contributed by atoms with Gasteiger partial charge in [-0.2, -0.15) is 0 Å². The molecule has 0 atom stereocenters. The van der Waals surface area contributed by atoms with Crippen LogP contribution in [-0.2, 0) is 9.63 Å². The topological polar surface area (TPSA) is 38.7 Å². The van der Waals surface area contributed by atoms with Gasteiger partial charge in [0.05, 0.1) is 0 Å². The zero-order valence-corrected chi connectivity index (χ0v) is 7.65. The molecule has 0 aliphatic carbocycles. The quantitative estimate of drug-likeness (QED) is 0.520. The summed E-state index contributed by atoms with van der Waals surface area (Å²) in [6.07, 6.45) is 0. The fourth-order valence-electron chi connectivity index (χ4n) is 1.01. The molecule has 3 heteroatoms. The van der Waals surface area contributed by atoms with Crippen molar-refractivity contribution >= 4 is 11.5 Å². The zero-order chi connectivity index (χ0) is 9.68. The van der Waals surface area contributed by atoms with Gasteiger partial charge in [0.1, 0.15) is 7.11 Å². The Morgan fingerprint density at radius 1 is 1.31 bits per heavy atom. The number of hydrogen-bond acceptors (Lipinski definition) is 3. The number of hydrogen-bond donors (Lipinski definition) is 0. The van der Waals surface area contributed by atoms with E-state index in [9.17, 15) is 4.79 Å². The van der Waals surface area contributed by atoms with Crippen LogP contribution in [0.2, 0.25) is 0 Å². The van der Waals surface area contributed by atoms with Gasteiger partial charge in [-0.3, -0.25) is 4.79 Å². The van der Waals surface area contributed by atoms with Gasteiger partial charge in [-0.05, 0) is 0 Å². The molecular weight excluding hydrogens is 166 g/mol. The molecule has 0 saturated carbocycles. The fraction of sp³-hybridized carbons (Fsp3) is 0.200. The Bertz CT molecular complexity index is 317. The Morgan fingerprint density at radius 3 is 2.38 bits per heavy atom. The summed E-state index contributed by atoms with van der Waals surface area (Å²) in [5.41, 5.74) is 1.12. The van der Waals surface area contributed by atoms with Crippen LogP contribution in [0.4, 0.5) is 0 Å². The molecule has 0 aliphatic rings. The predicted octanol–water partition coefficient (Wildman–Crippen LogP) is 1.63. The first-order valence-corrected chi connectivity index (χ1v) is 3.93. The summed E-state index contributed by atoms with van der Waals surface area (Å²) in [7, 11) is 1.42. The summed E-state index contributed by atoms with van der Waals surface area (Å²) < 4.78 is 0. The van der Waals surface area contributed by atoms with Gasteiger partial charge >= 0.3 is 0 Å². The van der Waals surface area contributed by atoms with Crippen molar-refractivity contribution in [3.05, 3.63) is 35.9 Å². The minimum absolute atomic E-state index is 0.104. The molecule has 0 heterocycles. The number of ketones is 1.